The van der Waals surface area contributed by atoms with E-state index in [0.717, 1.165) is 31.6 Å². The van der Waals surface area contributed by atoms with Crippen molar-refractivity contribution in [3.63, 3.8) is 0 Å². The number of carbonyl (C=O) groups is 2. The third-order valence-corrected chi connectivity index (χ3v) is 6.21. The number of rotatable bonds is 11. The van der Waals surface area contributed by atoms with Gasteiger partial charge in [-0.2, -0.15) is 0 Å². The average Bonchev–Trinajstić information content (AvgIpc) is 2.89. The van der Waals surface area contributed by atoms with E-state index >= 15 is 0 Å². The minimum Gasteiger partial charge on any atom is -0.397 e. The predicted octanol–water partition coefficient (Wildman–Crippen LogP) is 5.35. The van der Waals surface area contributed by atoms with Crippen molar-refractivity contribution in [2.45, 2.75) is 39.7 Å². The Labute approximate surface area is 217 Å². The molecule has 1 heterocycles. The Morgan fingerprint density at radius 1 is 1.05 bits per heavy atom. The quantitative estimate of drug-likeness (QED) is 0.262. The van der Waals surface area contributed by atoms with Crippen LogP contribution in [0, 0.1) is 12.7 Å². The molecule has 0 aliphatic carbocycles. The zero-order valence-electron chi connectivity index (χ0n) is 21.6. The van der Waals surface area contributed by atoms with Crippen LogP contribution in [0.3, 0.4) is 0 Å². The molecule has 0 aliphatic heterocycles. The Bertz CT molecular complexity index is 1200. The summed E-state index contributed by atoms with van der Waals surface area (Å²) < 4.78 is 13.6. The number of hydrogen-bond acceptors (Lipinski definition) is 5. The highest BCUT2D eigenvalue weighted by atomic mass is 19.1. The minimum absolute atomic E-state index is 0.236. The topological polar surface area (TPSA) is 112 Å². The van der Waals surface area contributed by atoms with Crippen molar-refractivity contribution < 1.29 is 14.0 Å². The minimum atomic E-state index is -0.403. The first-order chi connectivity index (χ1) is 17.8. The van der Waals surface area contributed by atoms with E-state index in [-0.39, 0.29) is 23.5 Å². The number of benzene rings is 2. The van der Waals surface area contributed by atoms with Crippen LogP contribution >= 0.6 is 0 Å². The second kappa shape index (κ2) is 13.4. The maximum atomic E-state index is 13.6. The fraction of sp³-hybridized carbons (Fsp3) is 0.321. The number of pyridine rings is 1. The molecule has 37 heavy (non-hydrogen) atoms. The van der Waals surface area contributed by atoms with Crippen LogP contribution in [-0.2, 0) is 0 Å². The number of halogens is 1. The van der Waals surface area contributed by atoms with Crippen LogP contribution in [0.1, 0.15) is 54.3 Å². The lowest BCUT2D eigenvalue weighted by atomic mass is 10.0. The summed E-state index contributed by atoms with van der Waals surface area (Å²) in [6.45, 7) is 8.69. The SMILES string of the molecule is CCN(CC)CCCC(NC(=O)Nc1ccc(F)c(C)c1)c1ccc(C(=O)Nc2ccccc2N)nc1. The molecule has 0 bridgehead atoms. The van der Waals surface area contributed by atoms with Gasteiger partial charge in [-0.05, 0) is 86.9 Å². The molecule has 0 spiro atoms. The van der Waals surface area contributed by atoms with Crippen LogP contribution in [0.15, 0.2) is 60.8 Å². The standard InChI is InChI=1S/C28H35FN6O2/c1-4-35(5-2)16-8-11-24(34-28(37)32-21-13-14-22(29)19(3)17-21)20-12-15-26(31-18-20)27(36)33-25-10-7-6-9-23(25)30/h6-7,9-10,12-15,17-18,24H,4-5,8,11,16,30H2,1-3H3,(H,33,36)(H2,32,34,37). The molecule has 5 N–H and O–H groups in total. The second-order valence-electron chi connectivity index (χ2n) is 8.80. The molecule has 3 rings (SSSR count). The van der Waals surface area contributed by atoms with Gasteiger partial charge in [0.05, 0.1) is 17.4 Å². The molecule has 9 heteroatoms. The predicted molar refractivity (Wildman–Crippen MR) is 146 cm³/mol. The van der Waals surface area contributed by atoms with Crippen LogP contribution in [0.5, 0.6) is 0 Å². The fourth-order valence-electron chi connectivity index (χ4n) is 3.97. The lowest BCUT2D eigenvalue weighted by Gasteiger charge is -2.22. The maximum absolute atomic E-state index is 13.6. The summed E-state index contributed by atoms with van der Waals surface area (Å²) in [5.41, 5.74) is 8.86. The summed E-state index contributed by atoms with van der Waals surface area (Å²) in [5, 5.41) is 8.54. The summed E-state index contributed by atoms with van der Waals surface area (Å²) in [4.78, 5) is 32.1. The largest absolute Gasteiger partial charge is 0.397 e. The first-order valence-electron chi connectivity index (χ1n) is 12.5. The molecule has 0 fully saturated rings. The van der Waals surface area contributed by atoms with Gasteiger partial charge in [-0.15, -0.1) is 0 Å². The average molecular weight is 507 g/mol. The molecule has 0 aliphatic rings. The van der Waals surface area contributed by atoms with E-state index in [2.05, 4.69) is 39.7 Å². The van der Waals surface area contributed by atoms with Gasteiger partial charge in [0.1, 0.15) is 11.5 Å². The molecule has 8 nitrogen and oxygen atoms in total. The van der Waals surface area contributed by atoms with Crippen molar-refractivity contribution in [3.8, 4) is 0 Å². The summed E-state index contributed by atoms with van der Waals surface area (Å²) >= 11 is 0. The zero-order valence-corrected chi connectivity index (χ0v) is 21.6. The molecule has 2 aromatic carbocycles. The number of nitrogen functional groups attached to an aromatic ring is 1. The summed E-state index contributed by atoms with van der Waals surface area (Å²) in [5.74, 6) is -0.703. The number of para-hydroxylation sites is 2. The number of nitrogens with one attached hydrogen (secondary N) is 3. The van der Waals surface area contributed by atoms with Crippen molar-refractivity contribution in [2.24, 2.45) is 0 Å². The normalized spacial score (nSPS) is 11.7. The molecule has 3 amide bonds. The van der Waals surface area contributed by atoms with Gasteiger partial charge in [0.2, 0.25) is 0 Å². The van der Waals surface area contributed by atoms with E-state index in [4.69, 9.17) is 5.73 Å². The summed E-state index contributed by atoms with van der Waals surface area (Å²) in [6.07, 6.45) is 3.14. The van der Waals surface area contributed by atoms with E-state index < -0.39 is 6.03 Å². The van der Waals surface area contributed by atoms with Crippen LogP contribution in [0.4, 0.5) is 26.2 Å². The monoisotopic (exact) mass is 506 g/mol. The molecule has 0 saturated carbocycles. The van der Waals surface area contributed by atoms with Crippen molar-refractivity contribution >= 4 is 29.0 Å². The first-order valence-corrected chi connectivity index (χ1v) is 12.5. The highest BCUT2D eigenvalue weighted by molar-refractivity contribution is 6.04. The molecule has 0 saturated heterocycles. The van der Waals surface area contributed by atoms with Gasteiger partial charge in [0, 0.05) is 11.9 Å². The van der Waals surface area contributed by atoms with Gasteiger partial charge in [0.25, 0.3) is 5.91 Å². The van der Waals surface area contributed by atoms with Gasteiger partial charge in [-0.1, -0.05) is 32.0 Å². The maximum Gasteiger partial charge on any atom is 0.319 e. The number of anilines is 3. The van der Waals surface area contributed by atoms with Crippen molar-refractivity contribution in [1.29, 1.82) is 0 Å². The molecule has 1 atom stereocenters. The Morgan fingerprint density at radius 2 is 1.81 bits per heavy atom. The van der Waals surface area contributed by atoms with Gasteiger partial charge in [-0.25, -0.2) is 9.18 Å². The van der Waals surface area contributed by atoms with Crippen LogP contribution < -0.4 is 21.7 Å². The van der Waals surface area contributed by atoms with Gasteiger partial charge in [0.15, 0.2) is 0 Å². The Hall–Kier alpha value is -3.98. The van der Waals surface area contributed by atoms with Gasteiger partial charge in [-0.3, -0.25) is 9.78 Å². The number of carbonyl (C=O) groups excluding carboxylic acids is 2. The number of amides is 3. The number of aryl methyl sites for hydroxylation is 1. The molecule has 1 unspecified atom stereocenters. The lowest BCUT2D eigenvalue weighted by Crippen LogP contribution is -2.33. The highest BCUT2D eigenvalue weighted by Gasteiger charge is 2.17. The van der Waals surface area contributed by atoms with E-state index in [1.807, 2.05) is 0 Å². The van der Waals surface area contributed by atoms with Crippen LogP contribution in [0.25, 0.3) is 0 Å². The molecule has 196 valence electrons. The number of aromatic nitrogens is 1. The number of urea groups is 1. The molecule has 0 radical (unpaired) electrons. The highest BCUT2D eigenvalue weighted by Crippen LogP contribution is 2.21. The summed E-state index contributed by atoms with van der Waals surface area (Å²) in [6, 6.07) is 14.1. The Morgan fingerprint density at radius 3 is 2.46 bits per heavy atom. The Balaban J connectivity index is 1.71. The van der Waals surface area contributed by atoms with E-state index in [1.54, 1.807) is 55.6 Å². The Kier molecular flexibility index (Phi) is 9.97. The lowest BCUT2D eigenvalue weighted by molar-refractivity contribution is 0.102. The molecule has 1 aromatic heterocycles. The first kappa shape index (κ1) is 27.6. The third kappa shape index (κ3) is 8.01. The van der Waals surface area contributed by atoms with Crippen molar-refractivity contribution in [3.05, 3.63) is 83.4 Å². The van der Waals surface area contributed by atoms with E-state index in [9.17, 15) is 14.0 Å². The molecular formula is C28H35FN6O2. The molecular weight excluding hydrogens is 471 g/mol. The van der Waals surface area contributed by atoms with Crippen LogP contribution in [0.2, 0.25) is 0 Å². The number of nitrogens with two attached hydrogens (primary N) is 1. The fourth-order valence-corrected chi connectivity index (χ4v) is 3.97. The van der Waals surface area contributed by atoms with E-state index in [1.165, 1.54) is 12.1 Å². The number of nitrogens with zero attached hydrogens (tertiary/aromatic N) is 2. The zero-order chi connectivity index (χ0) is 26.8. The summed E-state index contributed by atoms with van der Waals surface area (Å²) in [7, 11) is 0. The molecule has 3 aromatic rings. The van der Waals surface area contributed by atoms with Gasteiger partial charge < -0.3 is 26.6 Å². The van der Waals surface area contributed by atoms with E-state index in [0.29, 0.717) is 29.0 Å². The van der Waals surface area contributed by atoms with Crippen LogP contribution in [-0.4, -0.2) is 41.5 Å². The smallest absolute Gasteiger partial charge is 0.319 e. The third-order valence-electron chi connectivity index (χ3n) is 6.21. The second-order valence-corrected chi connectivity index (χ2v) is 8.80. The number of hydrogen-bond donors (Lipinski definition) is 4. The van der Waals surface area contributed by atoms with Crippen molar-refractivity contribution in [1.82, 2.24) is 15.2 Å². The van der Waals surface area contributed by atoms with Crippen molar-refractivity contribution in [2.75, 3.05) is 36.0 Å². The van der Waals surface area contributed by atoms with Gasteiger partial charge >= 0.3 is 6.03 Å².